The number of aromatic nitrogens is 5. The Labute approximate surface area is 216 Å². The Bertz CT molecular complexity index is 1500. The van der Waals surface area contributed by atoms with Gasteiger partial charge in [-0.3, -0.25) is 14.2 Å². The number of fused-ring (bicyclic) bond motifs is 1. The molecule has 37 heavy (non-hydrogen) atoms. The normalized spacial score (nSPS) is 17.2. The zero-order valence-corrected chi connectivity index (χ0v) is 20.0. The summed E-state index contributed by atoms with van der Waals surface area (Å²) < 4.78 is 8.31. The van der Waals surface area contributed by atoms with Gasteiger partial charge in [-0.2, -0.15) is 9.61 Å². The van der Waals surface area contributed by atoms with Crippen LogP contribution in [0.15, 0.2) is 59.8 Å². The summed E-state index contributed by atoms with van der Waals surface area (Å²) >= 11 is 0. The number of ether oxygens (including phenoxy) is 1. The summed E-state index contributed by atoms with van der Waals surface area (Å²) in [5.74, 6) is 0.983. The molecule has 1 amide bonds. The predicted molar refractivity (Wildman–Crippen MR) is 141 cm³/mol. The Morgan fingerprint density at radius 1 is 1.19 bits per heavy atom. The van der Waals surface area contributed by atoms with E-state index < -0.39 is 17.3 Å². The van der Waals surface area contributed by atoms with E-state index in [1.54, 1.807) is 55.8 Å². The lowest BCUT2D eigenvalue weighted by molar-refractivity contribution is -0.0298. The fourth-order valence-electron chi connectivity index (χ4n) is 4.05. The molecule has 3 N–H and O–H groups in total. The highest BCUT2D eigenvalue weighted by Crippen LogP contribution is 2.27. The zero-order chi connectivity index (χ0) is 26.2. The number of nitrogens with one attached hydrogen (secondary N) is 3. The molecular weight excluding hydrogens is 469 g/mol. The van der Waals surface area contributed by atoms with Gasteiger partial charge in [-0.15, -0.1) is 0 Å². The molecule has 14 heteroatoms. The Balaban J connectivity index is 1.43. The minimum absolute atomic E-state index is 0.240. The molecule has 1 fully saturated rings. The lowest BCUT2D eigenvalue weighted by atomic mass is 9.52. The number of hydrogen-bond donors (Lipinski definition) is 3. The molecule has 0 unspecified atom stereocenters. The van der Waals surface area contributed by atoms with Gasteiger partial charge in [0.05, 0.1) is 41.9 Å². The van der Waals surface area contributed by atoms with E-state index in [2.05, 4.69) is 31.0 Å². The van der Waals surface area contributed by atoms with Crippen LogP contribution in [0.5, 0.6) is 0 Å². The van der Waals surface area contributed by atoms with Crippen molar-refractivity contribution in [2.75, 3.05) is 17.7 Å². The van der Waals surface area contributed by atoms with E-state index in [4.69, 9.17) is 28.3 Å². The fourth-order valence-corrected chi connectivity index (χ4v) is 4.05. The first-order valence-electron chi connectivity index (χ1n) is 11.6. The third kappa shape index (κ3) is 5.10. The lowest BCUT2D eigenvalue weighted by Crippen LogP contribution is -2.55. The topological polar surface area (TPSA) is 127 Å². The Hall–Kier alpha value is -4.06. The van der Waals surface area contributed by atoms with Crippen LogP contribution in [0.4, 0.5) is 17.3 Å². The summed E-state index contributed by atoms with van der Waals surface area (Å²) in [6, 6.07) is 10.0. The Morgan fingerprint density at radius 3 is 2.70 bits per heavy atom. The second-order valence-corrected chi connectivity index (χ2v) is 8.65. The van der Waals surface area contributed by atoms with E-state index in [9.17, 15) is 9.59 Å². The van der Waals surface area contributed by atoms with Crippen LogP contribution in [0.3, 0.4) is 0 Å². The van der Waals surface area contributed by atoms with Gasteiger partial charge in [0.15, 0.2) is 5.65 Å². The third-order valence-electron chi connectivity index (χ3n) is 5.96. The molecule has 0 bridgehead atoms. The molecule has 180 valence electrons. The highest BCUT2D eigenvalue weighted by Gasteiger charge is 2.36. The second-order valence-electron chi connectivity index (χ2n) is 8.65. The smallest absolute Gasteiger partial charge is 0.279 e. The molecule has 2 atom stereocenters. The SMILES string of the molecule is [B]C([B])([B])O[C@H]1CC[C@@H]1NC(=O)c1cnn2c(NC)cc(Nc3cccn(-c4ccccn4)c3=O)nc12. The molecule has 5 rings (SSSR count). The maximum absolute atomic E-state index is 13.1. The van der Waals surface area contributed by atoms with Gasteiger partial charge in [0.2, 0.25) is 0 Å². The number of anilines is 3. The first kappa shape index (κ1) is 24.6. The first-order chi connectivity index (χ1) is 17.7. The van der Waals surface area contributed by atoms with Crippen LogP contribution in [-0.4, -0.2) is 78.1 Å². The van der Waals surface area contributed by atoms with Crippen molar-refractivity contribution in [1.82, 2.24) is 29.5 Å². The van der Waals surface area contributed by atoms with Crippen molar-refractivity contribution >= 4 is 52.4 Å². The van der Waals surface area contributed by atoms with Crippen molar-refractivity contribution < 1.29 is 9.53 Å². The maximum Gasteiger partial charge on any atom is 0.279 e. The molecule has 0 spiro atoms. The number of amides is 1. The predicted octanol–water partition coefficient (Wildman–Crippen LogP) is 0.455. The van der Waals surface area contributed by atoms with E-state index in [0.29, 0.717) is 30.3 Å². The van der Waals surface area contributed by atoms with Crippen LogP contribution in [0.1, 0.15) is 23.2 Å². The van der Waals surface area contributed by atoms with Gasteiger partial charge in [0, 0.05) is 25.5 Å². The Morgan fingerprint density at radius 2 is 2.03 bits per heavy atom. The van der Waals surface area contributed by atoms with Crippen LogP contribution >= 0.6 is 0 Å². The third-order valence-corrected chi connectivity index (χ3v) is 5.96. The van der Waals surface area contributed by atoms with Crippen LogP contribution in [0.25, 0.3) is 11.5 Å². The number of rotatable bonds is 8. The molecule has 4 aromatic heterocycles. The molecular formula is C23H21B3N8O3. The van der Waals surface area contributed by atoms with Gasteiger partial charge in [0.25, 0.3) is 11.5 Å². The van der Waals surface area contributed by atoms with E-state index >= 15 is 0 Å². The number of carbonyl (C=O) groups excluding carboxylic acids is 1. The summed E-state index contributed by atoms with van der Waals surface area (Å²) in [5, 5.41) is 11.5. The average molecular weight is 490 g/mol. The van der Waals surface area contributed by atoms with Crippen LogP contribution in [0, 0.1) is 0 Å². The van der Waals surface area contributed by atoms with Crippen LogP contribution in [0.2, 0.25) is 0 Å². The zero-order valence-electron chi connectivity index (χ0n) is 20.0. The summed E-state index contributed by atoms with van der Waals surface area (Å²) in [4.78, 5) is 35.0. The summed E-state index contributed by atoms with van der Waals surface area (Å²) in [7, 11) is 18.3. The van der Waals surface area contributed by atoms with Crippen molar-refractivity contribution in [3.05, 3.63) is 70.9 Å². The van der Waals surface area contributed by atoms with E-state index in [1.165, 1.54) is 15.3 Å². The van der Waals surface area contributed by atoms with Crippen molar-refractivity contribution in [2.45, 2.75) is 30.3 Å². The van der Waals surface area contributed by atoms with Crippen LogP contribution < -0.4 is 21.5 Å². The standard InChI is InChI=1S/C23H21B3N8O3/c1-27-19-11-17(30-15-5-4-10-33(22(15)36)18-6-2-3-9-28-18)32-20-13(12-29-34(19)20)21(35)31-14-7-8-16(14)37-23(24,25)26/h2-6,9-12,14,16,27H,7-8H2,1H3,(H,30,32)(H,31,35)/t14-,16-/m0/s1. The molecule has 1 aliphatic carbocycles. The lowest BCUT2D eigenvalue weighted by Gasteiger charge is -2.41. The van der Waals surface area contributed by atoms with Crippen molar-refractivity contribution in [2.24, 2.45) is 0 Å². The molecule has 6 radical (unpaired) electrons. The van der Waals surface area contributed by atoms with Gasteiger partial charge in [-0.25, -0.2) is 9.97 Å². The summed E-state index contributed by atoms with van der Waals surface area (Å²) in [6.45, 7) is 0. The fraction of sp³-hybridized carbons (Fsp3) is 0.261. The second kappa shape index (κ2) is 9.77. The monoisotopic (exact) mass is 490 g/mol. The quantitative estimate of drug-likeness (QED) is 0.304. The minimum Gasteiger partial charge on any atom is -0.398 e. The van der Waals surface area contributed by atoms with Gasteiger partial charge in [-0.1, -0.05) is 6.07 Å². The number of pyridine rings is 2. The largest absolute Gasteiger partial charge is 0.398 e. The number of carbonyl (C=O) groups is 1. The molecule has 4 aromatic rings. The number of hydrogen-bond acceptors (Lipinski definition) is 8. The average Bonchev–Trinajstić information content (AvgIpc) is 3.30. The highest BCUT2D eigenvalue weighted by molar-refractivity contribution is 6.58. The minimum atomic E-state index is -1.78. The van der Waals surface area contributed by atoms with Crippen LogP contribution in [-0.2, 0) is 4.74 Å². The maximum atomic E-state index is 13.1. The molecule has 0 aliphatic heterocycles. The van der Waals surface area contributed by atoms with Crippen molar-refractivity contribution in [3.8, 4) is 5.82 Å². The molecule has 0 aromatic carbocycles. The first-order valence-corrected chi connectivity index (χ1v) is 11.6. The summed E-state index contributed by atoms with van der Waals surface area (Å²) in [5.41, 5.74) is 0.493. The van der Waals surface area contributed by atoms with Crippen molar-refractivity contribution in [3.63, 3.8) is 0 Å². The number of nitrogens with zero attached hydrogens (tertiary/aromatic N) is 5. The van der Waals surface area contributed by atoms with E-state index in [1.807, 2.05) is 0 Å². The van der Waals surface area contributed by atoms with E-state index in [-0.39, 0.29) is 28.5 Å². The van der Waals surface area contributed by atoms with Gasteiger partial charge < -0.3 is 20.7 Å². The molecule has 1 saturated carbocycles. The summed E-state index contributed by atoms with van der Waals surface area (Å²) in [6.07, 6.45) is 5.61. The molecule has 0 saturated heterocycles. The molecule has 4 heterocycles. The Kier molecular flexibility index (Phi) is 6.51. The van der Waals surface area contributed by atoms with Gasteiger partial charge in [-0.05, 0) is 42.4 Å². The highest BCUT2D eigenvalue weighted by atomic mass is 16.5. The van der Waals surface area contributed by atoms with E-state index in [0.717, 1.165) is 0 Å². The van der Waals surface area contributed by atoms with Gasteiger partial charge >= 0.3 is 0 Å². The molecule has 1 aliphatic rings. The van der Waals surface area contributed by atoms with Gasteiger partial charge in [0.1, 0.15) is 28.7 Å². The van der Waals surface area contributed by atoms with Crippen molar-refractivity contribution in [1.29, 1.82) is 0 Å². The molecule has 11 nitrogen and oxygen atoms in total.